The van der Waals surface area contributed by atoms with Crippen molar-refractivity contribution in [1.82, 2.24) is 20.4 Å². The van der Waals surface area contributed by atoms with Crippen LogP contribution in [-0.2, 0) is 11.3 Å². The molecule has 0 saturated heterocycles. The molecule has 0 atom stereocenters. The van der Waals surface area contributed by atoms with E-state index in [0.29, 0.717) is 17.8 Å². The number of aromatic nitrogens is 3. The number of nitrogens with zero attached hydrogens (tertiary/aromatic N) is 4. The van der Waals surface area contributed by atoms with Crippen LogP contribution in [0.25, 0.3) is 11.0 Å². The summed E-state index contributed by atoms with van der Waals surface area (Å²) in [5, 5.41) is 21.9. The quantitative estimate of drug-likeness (QED) is 0.555. The summed E-state index contributed by atoms with van der Waals surface area (Å²) >= 11 is 0. The lowest BCUT2D eigenvalue weighted by atomic mass is 10.1. The number of aryl methyl sites for hydroxylation is 1. The van der Waals surface area contributed by atoms with Crippen molar-refractivity contribution >= 4 is 22.7 Å². The molecule has 0 radical (unpaired) electrons. The van der Waals surface area contributed by atoms with Crippen LogP contribution < -0.4 is 5.43 Å². The third-order valence-corrected chi connectivity index (χ3v) is 3.61. The van der Waals surface area contributed by atoms with E-state index in [0.717, 1.165) is 11.0 Å². The highest BCUT2D eigenvalue weighted by atomic mass is 16.3. The number of rotatable bonds is 5. The molecule has 0 saturated carbocycles. The average Bonchev–Trinajstić information content (AvgIpc) is 3.01. The Morgan fingerprint density at radius 2 is 1.96 bits per heavy atom. The number of nitrogens with one attached hydrogen (secondary N) is 1. The van der Waals surface area contributed by atoms with Crippen LogP contribution in [0.15, 0.2) is 53.6 Å². The average molecular weight is 323 g/mol. The maximum atomic E-state index is 12.0. The molecule has 1 aromatic heterocycles. The fraction of sp³-hybridized carbons (Fsp3) is 0.176. The van der Waals surface area contributed by atoms with Crippen molar-refractivity contribution in [3.63, 3.8) is 0 Å². The molecule has 0 bridgehead atoms. The molecular formula is C17H17N5O2. The molecule has 7 heteroatoms. The SMILES string of the molecule is CC(=NNC(=O)CCn1nnc2ccccc21)c1ccccc1O. The third kappa shape index (κ3) is 3.40. The Morgan fingerprint density at radius 1 is 1.21 bits per heavy atom. The Balaban J connectivity index is 1.60. The molecule has 0 aliphatic heterocycles. The van der Waals surface area contributed by atoms with Crippen LogP contribution in [0.5, 0.6) is 5.75 Å². The van der Waals surface area contributed by atoms with Crippen LogP contribution in [0.3, 0.4) is 0 Å². The molecule has 7 nitrogen and oxygen atoms in total. The van der Waals surface area contributed by atoms with E-state index in [2.05, 4.69) is 20.8 Å². The van der Waals surface area contributed by atoms with E-state index in [9.17, 15) is 9.90 Å². The summed E-state index contributed by atoms with van der Waals surface area (Å²) in [7, 11) is 0. The van der Waals surface area contributed by atoms with E-state index in [1.807, 2.05) is 24.3 Å². The number of phenols is 1. The van der Waals surface area contributed by atoms with Gasteiger partial charge in [-0.2, -0.15) is 5.10 Å². The zero-order chi connectivity index (χ0) is 16.9. The number of amides is 1. The largest absolute Gasteiger partial charge is 0.507 e. The molecule has 24 heavy (non-hydrogen) atoms. The molecule has 3 aromatic rings. The van der Waals surface area contributed by atoms with Crippen molar-refractivity contribution in [3.05, 3.63) is 54.1 Å². The fourth-order valence-corrected chi connectivity index (χ4v) is 2.33. The van der Waals surface area contributed by atoms with Gasteiger partial charge in [-0.1, -0.05) is 29.5 Å². The van der Waals surface area contributed by atoms with Gasteiger partial charge >= 0.3 is 0 Å². The Hall–Kier alpha value is -3.22. The van der Waals surface area contributed by atoms with E-state index < -0.39 is 0 Å². The van der Waals surface area contributed by atoms with Crippen LogP contribution in [0.2, 0.25) is 0 Å². The number of carbonyl (C=O) groups is 1. The highest BCUT2D eigenvalue weighted by Gasteiger charge is 2.07. The summed E-state index contributed by atoms with van der Waals surface area (Å²) in [5.41, 5.74) is 5.30. The number of hydrogen-bond acceptors (Lipinski definition) is 5. The minimum absolute atomic E-state index is 0.127. The lowest BCUT2D eigenvalue weighted by molar-refractivity contribution is -0.121. The smallest absolute Gasteiger partial charge is 0.241 e. The molecule has 0 unspecified atom stereocenters. The first kappa shape index (κ1) is 15.7. The Bertz CT molecular complexity index is 901. The van der Waals surface area contributed by atoms with Gasteiger partial charge in [0, 0.05) is 12.0 Å². The maximum Gasteiger partial charge on any atom is 0.241 e. The molecule has 0 spiro atoms. The minimum atomic E-state index is -0.232. The second kappa shape index (κ2) is 6.91. The van der Waals surface area contributed by atoms with E-state index in [-0.39, 0.29) is 18.1 Å². The summed E-state index contributed by atoms with van der Waals surface area (Å²) in [6, 6.07) is 14.4. The molecule has 1 amide bonds. The molecule has 0 aliphatic carbocycles. The van der Waals surface area contributed by atoms with Gasteiger partial charge in [0.15, 0.2) is 0 Å². The number of aromatic hydroxyl groups is 1. The summed E-state index contributed by atoms with van der Waals surface area (Å²) in [4.78, 5) is 12.0. The van der Waals surface area contributed by atoms with Gasteiger partial charge in [0.25, 0.3) is 0 Å². The van der Waals surface area contributed by atoms with Crippen LogP contribution >= 0.6 is 0 Å². The maximum absolute atomic E-state index is 12.0. The third-order valence-electron chi connectivity index (χ3n) is 3.61. The summed E-state index contributed by atoms with van der Waals surface area (Å²) in [6.45, 7) is 2.14. The van der Waals surface area contributed by atoms with Gasteiger partial charge in [0.1, 0.15) is 11.3 Å². The number of hydrogen-bond donors (Lipinski definition) is 2. The van der Waals surface area contributed by atoms with Gasteiger partial charge in [-0.25, -0.2) is 10.1 Å². The molecule has 3 rings (SSSR count). The predicted molar refractivity (Wildman–Crippen MR) is 90.6 cm³/mol. The van der Waals surface area contributed by atoms with Crippen molar-refractivity contribution < 1.29 is 9.90 Å². The van der Waals surface area contributed by atoms with Crippen LogP contribution in [-0.4, -0.2) is 31.7 Å². The number of benzene rings is 2. The highest BCUT2D eigenvalue weighted by molar-refractivity contribution is 6.01. The van der Waals surface area contributed by atoms with E-state index in [4.69, 9.17) is 0 Å². The monoisotopic (exact) mass is 323 g/mol. The number of phenolic OH excluding ortho intramolecular Hbond substituents is 1. The van der Waals surface area contributed by atoms with Crippen molar-refractivity contribution in [2.75, 3.05) is 0 Å². The molecular weight excluding hydrogens is 306 g/mol. The minimum Gasteiger partial charge on any atom is -0.507 e. The highest BCUT2D eigenvalue weighted by Crippen LogP contribution is 2.16. The number of para-hydroxylation sites is 2. The van der Waals surface area contributed by atoms with Crippen molar-refractivity contribution in [1.29, 1.82) is 0 Å². The Kier molecular flexibility index (Phi) is 4.51. The van der Waals surface area contributed by atoms with Crippen LogP contribution in [0, 0.1) is 0 Å². The fourth-order valence-electron chi connectivity index (χ4n) is 2.33. The number of carbonyl (C=O) groups excluding carboxylic acids is 1. The predicted octanol–water partition coefficient (Wildman–Crippen LogP) is 2.07. The second-order valence-corrected chi connectivity index (χ2v) is 5.30. The number of hydrazone groups is 1. The first-order chi connectivity index (χ1) is 11.6. The van der Waals surface area contributed by atoms with Gasteiger partial charge in [0.05, 0.1) is 17.8 Å². The zero-order valence-corrected chi connectivity index (χ0v) is 13.2. The molecule has 2 aromatic carbocycles. The van der Waals surface area contributed by atoms with Crippen molar-refractivity contribution in [2.45, 2.75) is 19.9 Å². The van der Waals surface area contributed by atoms with E-state index in [1.54, 1.807) is 35.9 Å². The Labute approximate surface area is 138 Å². The molecule has 122 valence electrons. The lowest BCUT2D eigenvalue weighted by Gasteiger charge is -2.05. The van der Waals surface area contributed by atoms with Crippen molar-refractivity contribution in [3.8, 4) is 5.75 Å². The van der Waals surface area contributed by atoms with Gasteiger partial charge in [-0.15, -0.1) is 5.10 Å². The standard InChI is InChI=1S/C17H17N5O2/c1-12(13-6-2-5-9-16(13)23)18-20-17(24)10-11-22-15-8-4-3-7-14(15)19-21-22/h2-9,23H,10-11H2,1H3,(H,20,24). The van der Waals surface area contributed by atoms with Crippen molar-refractivity contribution in [2.24, 2.45) is 5.10 Å². The van der Waals surface area contributed by atoms with Gasteiger partial charge in [0.2, 0.25) is 5.91 Å². The van der Waals surface area contributed by atoms with Gasteiger partial charge in [-0.05, 0) is 31.2 Å². The normalized spacial score (nSPS) is 11.6. The molecule has 0 fully saturated rings. The summed E-state index contributed by atoms with van der Waals surface area (Å²) in [6.07, 6.45) is 0.227. The van der Waals surface area contributed by atoms with E-state index >= 15 is 0 Å². The summed E-state index contributed by atoms with van der Waals surface area (Å²) in [5.74, 6) is -0.105. The topological polar surface area (TPSA) is 92.4 Å². The van der Waals surface area contributed by atoms with Crippen LogP contribution in [0.4, 0.5) is 0 Å². The van der Waals surface area contributed by atoms with E-state index in [1.165, 1.54) is 0 Å². The van der Waals surface area contributed by atoms with Crippen LogP contribution in [0.1, 0.15) is 18.9 Å². The zero-order valence-electron chi connectivity index (χ0n) is 13.2. The molecule has 2 N–H and O–H groups in total. The first-order valence-electron chi connectivity index (χ1n) is 7.55. The molecule has 0 aliphatic rings. The van der Waals surface area contributed by atoms with Gasteiger partial charge in [-0.3, -0.25) is 4.79 Å². The molecule has 1 heterocycles. The second-order valence-electron chi connectivity index (χ2n) is 5.30. The van der Waals surface area contributed by atoms with Gasteiger partial charge < -0.3 is 5.11 Å². The summed E-state index contributed by atoms with van der Waals surface area (Å²) < 4.78 is 1.69. The first-order valence-corrected chi connectivity index (χ1v) is 7.55. The Morgan fingerprint density at radius 3 is 2.79 bits per heavy atom. The lowest BCUT2D eigenvalue weighted by Crippen LogP contribution is -2.21. The number of fused-ring (bicyclic) bond motifs is 1.